The van der Waals surface area contributed by atoms with Gasteiger partial charge in [-0.05, 0) is 52.8 Å². The van der Waals surface area contributed by atoms with E-state index in [0.717, 1.165) is 5.56 Å². The molecule has 8 heteroatoms. The van der Waals surface area contributed by atoms with Crippen LogP contribution in [0.4, 0.5) is 5.69 Å². The van der Waals surface area contributed by atoms with E-state index < -0.39 is 17.5 Å². The Kier molecular flexibility index (Phi) is 6.71. The highest BCUT2D eigenvalue weighted by atomic mass is 16.2. The van der Waals surface area contributed by atoms with E-state index >= 15 is 0 Å². The average molecular weight is 440 g/mol. The Hall–Kier alpha value is -3.16. The number of carbonyl (C=O) groups excluding carboxylic acids is 3. The molecule has 3 amide bonds. The Labute approximate surface area is 189 Å². The van der Waals surface area contributed by atoms with Gasteiger partial charge in [-0.1, -0.05) is 6.07 Å². The Morgan fingerprint density at radius 3 is 2.47 bits per heavy atom. The predicted molar refractivity (Wildman–Crippen MR) is 123 cm³/mol. The molecule has 0 aliphatic carbocycles. The SMILES string of the molecule is CCN(CC)C(=O)c1cccc(NC(=O)[C@@H]2CC(=O)N(C(C)(C)C)[C@@H]2c2cnn(C)c2)c1. The van der Waals surface area contributed by atoms with Crippen LogP contribution in [-0.2, 0) is 16.6 Å². The van der Waals surface area contributed by atoms with E-state index in [0.29, 0.717) is 24.3 Å². The molecular formula is C24H33N5O3. The van der Waals surface area contributed by atoms with Crippen molar-refractivity contribution in [3.05, 3.63) is 47.8 Å². The summed E-state index contributed by atoms with van der Waals surface area (Å²) in [7, 11) is 1.81. The summed E-state index contributed by atoms with van der Waals surface area (Å²) < 4.78 is 1.68. The van der Waals surface area contributed by atoms with Gasteiger partial charge in [0.05, 0.1) is 18.2 Å². The van der Waals surface area contributed by atoms with Crippen LogP contribution in [0, 0.1) is 5.92 Å². The zero-order valence-corrected chi connectivity index (χ0v) is 19.8. The molecule has 1 aromatic heterocycles. The number of amides is 3. The molecule has 0 bridgehead atoms. The number of aromatic nitrogens is 2. The highest BCUT2D eigenvalue weighted by molar-refractivity contribution is 6.00. The molecule has 0 radical (unpaired) electrons. The van der Waals surface area contributed by atoms with Gasteiger partial charge in [0.25, 0.3) is 5.91 Å². The number of likely N-dealkylation sites (tertiary alicyclic amines) is 1. The summed E-state index contributed by atoms with van der Waals surface area (Å²) in [6.45, 7) is 11.0. The first-order valence-electron chi connectivity index (χ1n) is 11.1. The second kappa shape index (κ2) is 9.14. The first-order chi connectivity index (χ1) is 15.1. The topological polar surface area (TPSA) is 87.5 Å². The van der Waals surface area contributed by atoms with Crippen molar-refractivity contribution < 1.29 is 14.4 Å². The van der Waals surface area contributed by atoms with E-state index in [2.05, 4.69) is 10.4 Å². The third-order valence-electron chi connectivity index (χ3n) is 5.88. The second-order valence-electron chi connectivity index (χ2n) is 9.18. The third-order valence-corrected chi connectivity index (χ3v) is 5.88. The van der Waals surface area contributed by atoms with Crippen LogP contribution in [0.2, 0.25) is 0 Å². The smallest absolute Gasteiger partial charge is 0.253 e. The van der Waals surface area contributed by atoms with Gasteiger partial charge in [0.1, 0.15) is 0 Å². The lowest BCUT2D eigenvalue weighted by molar-refractivity contribution is -0.133. The Morgan fingerprint density at radius 2 is 1.91 bits per heavy atom. The second-order valence-corrected chi connectivity index (χ2v) is 9.18. The van der Waals surface area contributed by atoms with E-state index in [1.165, 1.54) is 0 Å². The number of aryl methyl sites for hydroxylation is 1. The van der Waals surface area contributed by atoms with E-state index in [1.54, 1.807) is 44.9 Å². The third kappa shape index (κ3) is 4.69. The summed E-state index contributed by atoms with van der Waals surface area (Å²) in [6, 6.07) is 6.54. The van der Waals surface area contributed by atoms with Crippen molar-refractivity contribution in [2.24, 2.45) is 13.0 Å². The molecular weight excluding hydrogens is 406 g/mol. The molecule has 0 saturated carbocycles. The lowest BCUT2D eigenvalue weighted by atomic mass is 9.92. The lowest BCUT2D eigenvalue weighted by Gasteiger charge is -2.38. The van der Waals surface area contributed by atoms with Gasteiger partial charge >= 0.3 is 0 Å². The average Bonchev–Trinajstić information content (AvgIpc) is 3.31. The van der Waals surface area contributed by atoms with Crippen molar-refractivity contribution in [1.29, 1.82) is 0 Å². The molecule has 0 spiro atoms. The molecule has 3 rings (SSSR count). The number of nitrogens with one attached hydrogen (secondary N) is 1. The van der Waals surface area contributed by atoms with Crippen LogP contribution in [0.3, 0.4) is 0 Å². The highest BCUT2D eigenvalue weighted by Crippen LogP contribution is 2.42. The minimum Gasteiger partial charge on any atom is -0.339 e. The highest BCUT2D eigenvalue weighted by Gasteiger charge is 2.48. The van der Waals surface area contributed by atoms with Crippen LogP contribution in [0.1, 0.15) is 63.0 Å². The molecule has 172 valence electrons. The number of hydrogen-bond acceptors (Lipinski definition) is 4. The van der Waals surface area contributed by atoms with Gasteiger partial charge in [-0.2, -0.15) is 5.10 Å². The summed E-state index contributed by atoms with van der Waals surface area (Å²) >= 11 is 0. The van der Waals surface area contributed by atoms with E-state index in [4.69, 9.17) is 0 Å². The zero-order valence-electron chi connectivity index (χ0n) is 19.8. The number of rotatable bonds is 6. The van der Waals surface area contributed by atoms with Crippen molar-refractivity contribution in [1.82, 2.24) is 19.6 Å². The van der Waals surface area contributed by atoms with Crippen LogP contribution in [0.15, 0.2) is 36.7 Å². The minimum atomic E-state index is -0.562. The van der Waals surface area contributed by atoms with Crippen LogP contribution >= 0.6 is 0 Å². The van der Waals surface area contributed by atoms with Gasteiger partial charge in [-0.15, -0.1) is 0 Å². The molecule has 1 aliphatic heterocycles. The Balaban J connectivity index is 1.87. The zero-order chi connectivity index (χ0) is 23.6. The molecule has 1 N–H and O–H groups in total. The van der Waals surface area contributed by atoms with Gasteiger partial charge in [0.15, 0.2) is 0 Å². The monoisotopic (exact) mass is 439 g/mol. The molecule has 1 fully saturated rings. The molecule has 2 atom stereocenters. The number of carbonyl (C=O) groups is 3. The van der Waals surface area contributed by atoms with Gasteiger partial charge in [0.2, 0.25) is 11.8 Å². The maximum atomic E-state index is 13.3. The van der Waals surface area contributed by atoms with Crippen molar-refractivity contribution >= 4 is 23.4 Å². The van der Waals surface area contributed by atoms with E-state index in [1.807, 2.05) is 47.9 Å². The van der Waals surface area contributed by atoms with Crippen LogP contribution in [0.25, 0.3) is 0 Å². The summed E-state index contributed by atoms with van der Waals surface area (Å²) in [5.41, 5.74) is 1.45. The van der Waals surface area contributed by atoms with Gasteiger partial charge in [-0.25, -0.2) is 0 Å². The molecule has 1 aliphatic rings. The number of nitrogens with zero attached hydrogens (tertiary/aromatic N) is 4. The fourth-order valence-electron chi connectivity index (χ4n) is 4.39. The van der Waals surface area contributed by atoms with Crippen LogP contribution < -0.4 is 5.32 Å². The fourth-order valence-corrected chi connectivity index (χ4v) is 4.39. The van der Waals surface area contributed by atoms with Gasteiger partial charge in [-0.3, -0.25) is 19.1 Å². The lowest BCUT2D eigenvalue weighted by Crippen LogP contribution is -2.44. The largest absolute Gasteiger partial charge is 0.339 e. The standard InChI is InChI=1S/C24H33N5O3/c1-7-28(8-2)23(32)16-10-9-11-18(12-16)26-22(31)19-13-20(30)29(24(3,4)5)21(19)17-14-25-27(6)15-17/h9-12,14-15,19,21H,7-8,13H2,1-6H3,(H,26,31)/t19-,21-/m1/s1. The van der Waals surface area contributed by atoms with Crippen LogP contribution in [-0.4, -0.2) is 55.9 Å². The molecule has 32 heavy (non-hydrogen) atoms. The molecule has 2 aromatic rings. The van der Waals surface area contributed by atoms with E-state index in [9.17, 15) is 14.4 Å². The maximum Gasteiger partial charge on any atom is 0.253 e. The van der Waals surface area contributed by atoms with Crippen LogP contribution in [0.5, 0.6) is 0 Å². The quantitative estimate of drug-likeness (QED) is 0.749. The van der Waals surface area contributed by atoms with Crippen molar-refractivity contribution in [2.45, 2.75) is 52.6 Å². The first kappa shape index (κ1) is 23.5. The van der Waals surface area contributed by atoms with E-state index in [-0.39, 0.29) is 24.1 Å². The molecule has 1 aromatic carbocycles. The van der Waals surface area contributed by atoms with Crippen molar-refractivity contribution in [3.8, 4) is 0 Å². The summed E-state index contributed by atoms with van der Waals surface area (Å²) in [4.78, 5) is 42.5. The van der Waals surface area contributed by atoms with Gasteiger partial charge < -0.3 is 15.1 Å². The fraction of sp³-hybridized carbons (Fsp3) is 0.500. The molecule has 8 nitrogen and oxygen atoms in total. The van der Waals surface area contributed by atoms with Gasteiger partial charge in [0, 0.05) is 55.1 Å². The molecule has 0 unspecified atom stereocenters. The minimum absolute atomic E-state index is 0.0584. The maximum absolute atomic E-state index is 13.3. The first-order valence-corrected chi connectivity index (χ1v) is 11.1. The summed E-state index contributed by atoms with van der Waals surface area (Å²) in [5.74, 6) is -0.939. The molecule has 1 saturated heterocycles. The van der Waals surface area contributed by atoms with Crippen molar-refractivity contribution in [2.75, 3.05) is 18.4 Å². The van der Waals surface area contributed by atoms with Crippen molar-refractivity contribution in [3.63, 3.8) is 0 Å². The Bertz CT molecular complexity index is 1000. The normalized spacial score (nSPS) is 18.7. The Morgan fingerprint density at radius 1 is 1.22 bits per heavy atom. The summed E-state index contributed by atoms with van der Waals surface area (Å²) in [6.07, 6.45) is 3.69. The number of anilines is 1. The predicted octanol–water partition coefficient (Wildman–Crippen LogP) is 3.23. The molecule has 2 heterocycles. The number of hydrogen-bond donors (Lipinski definition) is 1. The number of benzene rings is 1. The summed E-state index contributed by atoms with van der Waals surface area (Å²) in [5, 5.41) is 7.19.